The van der Waals surface area contributed by atoms with Crippen molar-refractivity contribution in [3.05, 3.63) is 52.5 Å². The highest BCUT2D eigenvalue weighted by molar-refractivity contribution is 7.91. The van der Waals surface area contributed by atoms with Gasteiger partial charge in [-0.05, 0) is 48.9 Å². The second-order valence-electron chi connectivity index (χ2n) is 5.42. The lowest BCUT2D eigenvalue weighted by Crippen LogP contribution is -2.12. The second-order valence-corrected chi connectivity index (χ2v) is 9.14. The van der Waals surface area contributed by atoms with Crippen LogP contribution in [0.15, 0.2) is 41.3 Å². The number of benzene rings is 2. The van der Waals surface area contributed by atoms with Gasteiger partial charge < -0.3 is 0 Å². The summed E-state index contributed by atoms with van der Waals surface area (Å²) < 4.78 is 24.6. The Morgan fingerprint density at radius 3 is 2.52 bits per heavy atom. The normalized spacial score (nSPS) is 11.6. The molecule has 1 aromatic heterocycles. The number of hydrogen-bond donors (Lipinski definition) is 1. The van der Waals surface area contributed by atoms with E-state index in [-0.39, 0.29) is 16.6 Å². The van der Waals surface area contributed by atoms with Crippen LogP contribution in [0.25, 0.3) is 10.2 Å². The van der Waals surface area contributed by atoms with E-state index < -0.39 is 9.84 Å². The number of nitrogens with zero attached hydrogens (tertiary/aromatic N) is 1. The van der Waals surface area contributed by atoms with Crippen molar-refractivity contribution >= 4 is 54.0 Å². The van der Waals surface area contributed by atoms with Crippen molar-refractivity contribution in [1.29, 1.82) is 0 Å². The molecule has 0 aliphatic carbocycles. The van der Waals surface area contributed by atoms with Crippen molar-refractivity contribution in [3.63, 3.8) is 0 Å². The molecule has 3 rings (SSSR count). The van der Waals surface area contributed by atoms with Gasteiger partial charge >= 0.3 is 0 Å². The van der Waals surface area contributed by atoms with Gasteiger partial charge in [-0.25, -0.2) is 13.4 Å². The van der Waals surface area contributed by atoms with E-state index in [4.69, 9.17) is 11.6 Å². The van der Waals surface area contributed by atoms with Gasteiger partial charge in [0, 0.05) is 10.6 Å². The van der Waals surface area contributed by atoms with Crippen LogP contribution < -0.4 is 5.32 Å². The van der Waals surface area contributed by atoms with Crippen molar-refractivity contribution in [2.24, 2.45) is 0 Å². The first-order valence-corrected chi connectivity index (χ1v) is 10.4. The molecule has 1 amide bonds. The maximum atomic E-state index is 12.4. The van der Waals surface area contributed by atoms with E-state index >= 15 is 0 Å². The largest absolute Gasteiger partial charge is 0.298 e. The van der Waals surface area contributed by atoms with E-state index in [9.17, 15) is 13.2 Å². The minimum Gasteiger partial charge on any atom is -0.298 e. The molecule has 0 atom stereocenters. The predicted molar refractivity (Wildman–Crippen MR) is 101 cm³/mol. The van der Waals surface area contributed by atoms with Gasteiger partial charge in [0.2, 0.25) is 0 Å². The Labute approximate surface area is 154 Å². The van der Waals surface area contributed by atoms with Crippen LogP contribution in [0.3, 0.4) is 0 Å². The number of carbonyl (C=O) groups is 1. The van der Waals surface area contributed by atoms with E-state index in [1.807, 2.05) is 13.0 Å². The van der Waals surface area contributed by atoms with E-state index in [0.29, 0.717) is 15.7 Å². The molecule has 0 saturated heterocycles. The van der Waals surface area contributed by atoms with Crippen molar-refractivity contribution in [2.75, 3.05) is 11.1 Å². The number of sulfone groups is 1. The molecule has 0 saturated carbocycles. The number of carbonyl (C=O) groups excluding carboxylic acids is 1. The molecular formula is C17H15ClN2O3S2. The van der Waals surface area contributed by atoms with Crippen molar-refractivity contribution in [1.82, 2.24) is 4.98 Å². The van der Waals surface area contributed by atoms with Gasteiger partial charge in [-0.2, -0.15) is 0 Å². The zero-order valence-corrected chi connectivity index (χ0v) is 15.9. The fourth-order valence-corrected chi connectivity index (χ4v) is 4.26. The molecular weight excluding hydrogens is 380 g/mol. The summed E-state index contributed by atoms with van der Waals surface area (Å²) >= 11 is 7.45. The minimum atomic E-state index is -3.28. The van der Waals surface area contributed by atoms with Crippen LogP contribution in [-0.4, -0.2) is 25.1 Å². The van der Waals surface area contributed by atoms with Gasteiger partial charge in [0.05, 0.1) is 20.9 Å². The molecule has 0 bridgehead atoms. The molecule has 1 N–H and O–H groups in total. The van der Waals surface area contributed by atoms with Crippen molar-refractivity contribution < 1.29 is 13.2 Å². The van der Waals surface area contributed by atoms with Gasteiger partial charge in [-0.15, -0.1) is 0 Å². The molecule has 2 aromatic carbocycles. The third-order valence-corrected chi connectivity index (χ3v) is 6.92. The highest BCUT2D eigenvalue weighted by atomic mass is 35.5. The molecule has 0 aliphatic heterocycles. The standard InChI is InChI=1S/C17H15ClN2O3S2/c1-3-25(22,23)12-6-4-11(5-7-12)16(21)20-17-19-15-10(2)13(18)8-9-14(15)24-17/h4-9H,3H2,1-2H3,(H,19,20,21). The summed E-state index contributed by atoms with van der Waals surface area (Å²) in [7, 11) is -3.28. The smallest absolute Gasteiger partial charge is 0.257 e. The molecule has 5 nitrogen and oxygen atoms in total. The molecule has 25 heavy (non-hydrogen) atoms. The first-order valence-electron chi connectivity index (χ1n) is 7.51. The van der Waals surface area contributed by atoms with Gasteiger partial charge in [0.1, 0.15) is 0 Å². The topological polar surface area (TPSA) is 76.1 Å². The van der Waals surface area contributed by atoms with Crippen LogP contribution in [0.5, 0.6) is 0 Å². The van der Waals surface area contributed by atoms with Gasteiger partial charge in [0.25, 0.3) is 5.91 Å². The average Bonchev–Trinajstić information content (AvgIpc) is 3.01. The molecule has 1 heterocycles. The fraction of sp³-hybridized carbons (Fsp3) is 0.176. The lowest BCUT2D eigenvalue weighted by atomic mass is 10.2. The van der Waals surface area contributed by atoms with Crippen LogP contribution in [-0.2, 0) is 9.84 Å². The van der Waals surface area contributed by atoms with Crippen LogP contribution in [0, 0.1) is 6.92 Å². The molecule has 0 aliphatic rings. The number of anilines is 1. The zero-order valence-electron chi connectivity index (χ0n) is 13.5. The third kappa shape index (κ3) is 3.53. The Morgan fingerprint density at radius 2 is 1.88 bits per heavy atom. The number of nitrogens with one attached hydrogen (secondary N) is 1. The van der Waals surface area contributed by atoms with E-state index in [1.54, 1.807) is 13.0 Å². The maximum absolute atomic E-state index is 12.4. The summed E-state index contributed by atoms with van der Waals surface area (Å²) in [4.78, 5) is 17.0. The number of aryl methyl sites for hydroxylation is 1. The van der Waals surface area contributed by atoms with Crippen LogP contribution in [0.4, 0.5) is 5.13 Å². The summed E-state index contributed by atoms with van der Waals surface area (Å²) in [6.07, 6.45) is 0. The molecule has 3 aromatic rings. The molecule has 8 heteroatoms. The fourth-order valence-electron chi connectivity index (χ4n) is 2.30. The third-order valence-electron chi connectivity index (χ3n) is 3.82. The first kappa shape index (κ1) is 17.8. The minimum absolute atomic E-state index is 0.0200. The Morgan fingerprint density at radius 1 is 1.20 bits per heavy atom. The van der Waals surface area contributed by atoms with Gasteiger partial charge in [-0.1, -0.05) is 29.9 Å². The number of fused-ring (bicyclic) bond motifs is 1. The number of hydrogen-bond acceptors (Lipinski definition) is 5. The lowest BCUT2D eigenvalue weighted by molar-refractivity contribution is 0.102. The first-order chi connectivity index (χ1) is 11.8. The Kier molecular flexibility index (Phi) is 4.81. The van der Waals surface area contributed by atoms with Crippen LogP contribution in [0.1, 0.15) is 22.8 Å². The highest BCUT2D eigenvalue weighted by Gasteiger charge is 2.15. The quantitative estimate of drug-likeness (QED) is 0.715. The maximum Gasteiger partial charge on any atom is 0.257 e. The molecule has 0 fully saturated rings. The highest BCUT2D eigenvalue weighted by Crippen LogP contribution is 2.31. The van der Waals surface area contributed by atoms with Crippen molar-refractivity contribution in [3.8, 4) is 0 Å². The molecule has 130 valence electrons. The summed E-state index contributed by atoms with van der Waals surface area (Å²) in [6, 6.07) is 9.53. The SMILES string of the molecule is CCS(=O)(=O)c1ccc(C(=O)Nc2nc3c(C)c(Cl)ccc3s2)cc1. The molecule has 0 radical (unpaired) electrons. The lowest BCUT2D eigenvalue weighted by Gasteiger charge is -2.04. The monoisotopic (exact) mass is 394 g/mol. The molecule has 0 spiro atoms. The predicted octanol–water partition coefficient (Wildman–Crippen LogP) is 4.30. The Bertz CT molecular complexity index is 1060. The number of thiazole rings is 1. The van der Waals surface area contributed by atoms with Gasteiger partial charge in [0.15, 0.2) is 15.0 Å². The van der Waals surface area contributed by atoms with E-state index in [2.05, 4.69) is 10.3 Å². The Balaban J connectivity index is 1.84. The summed E-state index contributed by atoms with van der Waals surface area (Å²) in [5.74, 6) is -0.324. The number of rotatable bonds is 4. The van der Waals surface area contributed by atoms with E-state index in [0.717, 1.165) is 15.8 Å². The van der Waals surface area contributed by atoms with Crippen molar-refractivity contribution in [2.45, 2.75) is 18.7 Å². The molecule has 0 unspecified atom stereocenters. The Hall–Kier alpha value is -1.96. The summed E-state index contributed by atoms with van der Waals surface area (Å²) in [5.41, 5.74) is 1.99. The zero-order chi connectivity index (χ0) is 18.2. The van der Waals surface area contributed by atoms with Crippen LogP contribution in [0.2, 0.25) is 5.02 Å². The summed E-state index contributed by atoms with van der Waals surface area (Å²) in [5, 5.41) is 3.84. The van der Waals surface area contributed by atoms with E-state index in [1.165, 1.54) is 35.6 Å². The summed E-state index contributed by atoms with van der Waals surface area (Å²) in [6.45, 7) is 3.46. The average molecular weight is 395 g/mol. The number of amides is 1. The van der Waals surface area contributed by atoms with Gasteiger partial charge in [-0.3, -0.25) is 10.1 Å². The second kappa shape index (κ2) is 6.74. The number of halogens is 1. The van der Waals surface area contributed by atoms with Crippen LogP contribution >= 0.6 is 22.9 Å². The number of aromatic nitrogens is 1.